The Balaban J connectivity index is 2.03. The largest absolute Gasteiger partial charge is 0.374 e. The first-order valence-electron chi connectivity index (χ1n) is 6.11. The van der Waals surface area contributed by atoms with Crippen molar-refractivity contribution in [2.24, 2.45) is 0 Å². The minimum Gasteiger partial charge on any atom is -0.374 e. The lowest BCUT2D eigenvalue weighted by Gasteiger charge is -2.19. The molecule has 0 bridgehead atoms. The Labute approximate surface area is 110 Å². The van der Waals surface area contributed by atoms with Gasteiger partial charge in [-0.15, -0.1) is 0 Å². The smallest absolute Gasteiger partial charge is 0.324 e. The maximum Gasteiger partial charge on any atom is 0.324 e. The van der Waals surface area contributed by atoms with Gasteiger partial charge in [-0.3, -0.25) is 9.69 Å². The Bertz CT molecular complexity index is 519. The zero-order valence-corrected chi connectivity index (χ0v) is 10.9. The monoisotopic (exact) mass is 265 g/mol. The summed E-state index contributed by atoms with van der Waals surface area (Å²) in [6.07, 6.45) is 0. The summed E-state index contributed by atoms with van der Waals surface area (Å²) in [6, 6.07) is 3.70. The van der Waals surface area contributed by atoms with Gasteiger partial charge < -0.3 is 10.6 Å². The number of imide groups is 1. The molecule has 19 heavy (non-hydrogen) atoms. The number of anilines is 1. The number of carbonyl (C=O) groups excluding carboxylic acids is 2. The first-order chi connectivity index (χ1) is 8.99. The number of nitrogens with one attached hydrogen (secondary N) is 2. The SMILES string of the molecule is Cc1ccc(N[C@H](C)C(=O)N2CCNC2=O)cc1F. The molecule has 5 nitrogen and oxygen atoms in total. The summed E-state index contributed by atoms with van der Waals surface area (Å²) in [5, 5.41) is 5.46. The maximum atomic E-state index is 13.4. The van der Waals surface area contributed by atoms with Crippen molar-refractivity contribution >= 4 is 17.6 Å². The van der Waals surface area contributed by atoms with Gasteiger partial charge >= 0.3 is 6.03 Å². The predicted molar refractivity (Wildman–Crippen MR) is 69.3 cm³/mol. The number of aryl methyl sites for hydroxylation is 1. The molecule has 1 heterocycles. The summed E-state index contributed by atoms with van der Waals surface area (Å²) in [7, 11) is 0. The number of hydrogen-bond acceptors (Lipinski definition) is 3. The summed E-state index contributed by atoms with van der Waals surface area (Å²) in [4.78, 5) is 24.6. The van der Waals surface area contributed by atoms with Crippen LogP contribution in [0.15, 0.2) is 18.2 Å². The van der Waals surface area contributed by atoms with Crippen LogP contribution in [0.2, 0.25) is 0 Å². The Morgan fingerprint density at radius 1 is 1.53 bits per heavy atom. The molecule has 1 aliphatic rings. The second kappa shape index (κ2) is 5.26. The number of urea groups is 1. The van der Waals surface area contributed by atoms with Gasteiger partial charge in [0.05, 0.1) is 0 Å². The number of hydrogen-bond donors (Lipinski definition) is 2. The third kappa shape index (κ3) is 2.83. The van der Waals surface area contributed by atoms with Crippen LogP contribution in [0.3, 0.4) is 0 Å². The normalized spacial score (nSPS) is 16.2. The Morgan fingerprint density at radius 2 is 2.26 bits per heavy atom. The second-order valence-corrected chi connectivity index (χ2v) is 4.55. The van der Waals surface area contributed by atoms with Crippen LogP contribution in [-0.2, 0) is 4.79 Å². The summed E-state index contributed by atoms with van der Waals surface area (Å²) in [5.41, 5.74) is 1.06. The Kier molecular flexibility index (Phi) is 3.69. The van der Waals surface area contributed by atoms with Gasteiger partial charge in [-0.25, -0.2) is 9.18 Å². The van der Waals surface area contributed by atoms with E-state index < -0.39 is 6.04 Å². The van der Waals surface area contributed by atoms with E-state index in [1.54, 1.807) is 26.0 Å². The van der Waals surface area contributed by atoms with E-state index >= 15 is 0 Å². The van der Waals surface area contributed by atoms with Crippen molar-refractivity contribution < 1.29 is 14.0 Å². The molecule has 1 atom stereocenters. The molecule has 0 radical (unpaired) electrons. The molecular weight excluding hydrogens is 249 g/mol. The van der Waals surface area contributed by atoms with Gasteiger partial charge in [0.2, 0.25) is 0 Å². The lowest BCUT2D eigenvalue weighted by atomic mass is 10.2. The predicted octanol–water partition coefficient (Wildman–Crippen LogP) is 1.49. The van der Waals surface area contributed by atoms with Crippen LogP contribution in [0.25, 0.3) is 0 Å². The lowest BCUT2D eigenvalue weighted by Crippen LogP contribution is -2.43. The molecule has 1 aromatic carbocycles. The zero-order valence-electron chi connectivity index (χ0n) is 10.9. The van der Waals surface area contributed by atoms with Gasteiger partial charge in [-0.1, -0.05) is 6.07 Å². The average molecular weight is 265 g/mol. The molecule has 0 aromatic heterocycles. The van der Waals surface area contributed by atoms with Crippen LogP contribution in [0.5, 0.6) is 0 Å². The van der Waals surface area contributed by atoms with Crippen molar-refractivity contribution in [2.45, 2.75) is 19.9 Å². The molecule has 3 amide bonds. The fourth-order valence-electron chi connectivity index (χ4n) is 1.91. The van der Waals surface area contributed by atoms with Gasteiger partial charge in [-0.05, 0) is 31.5 Å². The molecule has 6 heteroatoms. The van der Waals surface area contributed by atoms with Crippen LogP contribution in [0.1, 0.15) is 12.5 Å². The minimum atomic E-state index is -0.592. The molecule has 0 saturated carbocycles. The fraction of sp³-hybridized carbons (Fsp3) is 0.385. The lowest BCUT2D eigenvalue weighted by molar-refractivity contribution is -0.128. The third-order valence-electron chi connectivity index (χ3n) is 3.05. The van der Waals surface area contributed by atoms with Gasteiger partial charge in [0.15, 0.2) is 0 Å². The van der Waals surface area contributed by atoms with Crippen molar-refractivity contribution in [1.29, 1.82) is 0 Å². The molecule has 102 valence electrons. The van der Waals surface area contributed by atoms with E-state index in [1.807, 2.05) is 0 Å². The van der Waals surface area contributed by atoms with Crippen LogP contribution < -0.4 is 10.6 Å². The minimum absolute atomic E-state index is 0.323. The van der Waals surface area contributed by atoms with E-state index in [0.717, 1.165) is 4.90 Å². The first-order valence-corrected chi connectivity index (χ1v) is 6.11. The fourth-order valence-corrected chi connectivity index (χ4v) is 1.91. The molecule has 1 fully saturated rings. The van der Waals surface area contributed by atoms with Crippen LogP contribution in [0.4, 0.5) is 14.9 Å². The molecule has 1 aliphatic heterocycles. The highest BCUT2D eigenvalue weighted by Crippen LogP contribution is 2.15. The highest BCUT2D eigenvalue weighted by molar-refractivity contribution is 5.99. The molecule has 0 aliphatic carbocycles. The van der Waals surface area contributed by atoms with Crippen LogP contribution >= 0.6 is 0 Å². The van der Waals surface area contributed by atoms with Gasteiger partial charge in [0, 0.05) is 18.8 Å². The van der Waals surface area contributed by atoms with Crippen molar-refractivity contribution in [1.82, 2.24) is 10.2 Å². The topological polar surface area (TPSA) is 61.4 Å². The average Bonchev–Trinajstić information content (AvgIpc) is 2.79. The number of halogens is 1. The molecule has 0 spiro atoms. The third-order valence-corrected chi connectivity index (χ3v) is 3.05. The summed E-state index contributed by atoms with van der Waals surface area (Å²) < 4.78 is 13.4. The molecule has 2 rings (SSSR count). The number of amides is 3. The van der Waals surface area contributed by atoms with E-state index in [9.17, 15) is 14.0 Å². The molecule has 1 saturated heterocycles. The quantitative estimate of drug-likeness (QED) is 0.870. The van der Waals surface area contributed by atoms with Gasteiger partial charge in [0.1, 0.15) is 11.9 Å². The van der Waals surface area contributed by atoms with E-state index in [2.05, 4.69) is 10.6 Å². The summed E-state index contributed by atoms with van der Waals surface area (Å²) in [6.45, 7) is 4.15. The first kappa shape index (κ1) is 13.3. The summed E-state index contributed by atoms with van der Waals surface area (Å²) in [5.74, 6) is -0.653. The van der Waals surface area contributed by atoms with E-state index in [4.69, 9.17) is 0 Å². The van der Waals surface area contributed by atoms with Crippen molar-refractivity contribution in [3.8, 4) is 0 Å². The second-order valence-electron chi connectivity index (χ2n) is 4.55. The van der Waals surface area contributed by atoms with E-state index in [1.165, 1.54) is 6.07 Å². The highest BCUT2D eigenvalue weighted by atomic mass is 19.1. The Morgan fingerprint density at radius 3 is 2.84 bits per heavy atom. The van der Waals surface area contributed by atoms with Crippen LogP contribution in [-0.4, -0.2) is 36.0 Å². The maximum absolute atomic E-state index is 13.4. The zero-order chi connectivity index (χ0) is 14.0. The van der Waals surface area contributed by atoms with Crippen molar-refractivity contribution in [3.63, 3.8) is 0 Å². The van der Waals surface area contributed by atoms with Gasteiger partial charge in [0.25, 0.3) is 5.91 Å². The summed E-state index contributed by atoms with van der Waals surface area (Å²) >= 11 is 0. The highest BCUT2D eigenvalue weighted by Gasteiger charge is 2.29. The molecule has 0 unspecified atom stereocenters. The van der Waals surface area contributed by atoms with Crippen molar-refractivity contribution in [2.75, 3.05) is 18.4 Å². The number of carbonyl (C=O) groups is 2. The van der Waals surface area contributed by atoms with E-state index in [0.29, 0.717) is 24.3 Å². The molecule has 2 N–H and O–H groups in total. The number of benzene rings is 1. The Hall–Kier alpha value is -2.11. The number of nitrogens with zero attached hydrogens (tertiary/aromatic N) is 1. The van der Waals surface area contributed by atoms with Crippen molar-refractivity contribution in [3.05, 3.63) is 29.6 Å². The van der Waals surface area contributed by atoms with E-state index in [-0.39, 0.29) is 17.8 Å². The molecule has 1 aromatic rings. The number of rotatable bonds is 3. The molecular formula is C13H16FN3O2. The standard InChI is InChI=1S/C13H16FN3O2/c1-8-3-4-10(7-11(8)14)16-9(2)12(18)17-6-5-15-13(17)19/h3-4,7,9,16H,5-6H2,1-2H3,(H,15,19)/t9-/m1/s1. The van der Waals surface area contributed by atoms with Gasteiger partial charge in [-0.2, -0.15) is 0 Å². The van der Waals surface area contributed by atoms with Crippen LogP contribution in [0, 0.1) is 12.7 Å².